The first kappa shape index (κ1) is 13.8. The standard InChI is InChI=1S/C14H21N3O2/c1-3-19-14(18)11-6-7-13(16-9-11)17(2)12(8-15)10-4-5-10/h6-7,9-10,12H,3-5,8,15H2,1-2H3. The van der Waals surface area contributed by atoms with Crippen LogP contribution in [0.5, 0.6) is 0 Å². The van der Waals surface area contributed by atoms with Crippen molar-refractivity contribution in [3.8, 4) is 0 Å². The number of hydrogen-bond acceptors (Lipinski definition) is 5. The molecule has 0 radical (unpaired) electrons. The Kier molecular flexibility index (Phi) is 4.37. The van der Waals surface area contributed by atoms with E-state index in [2.05, 4.69) is 9.88 Å². The highest BCUT2D eigenvalue weighted by Crippen LogP contribution is 2.35. The van der Waals surface area contributed by atoms with Gasteiger partial charge in [-0.25, -0.2) is 9.78 Å². The van der Waals surface area contributed by atoms with Crippen LogP contribution in [0, 0.1) is 5.92 Å². The molecule has 1 aromatic heterocycles. The number of pyridine rings is 1. The van der Waals surface area contributed by atoms with E-state index >= 15 is 0 Å². The monoisotopic (exact) mass is 263 g/mol. The zero-order valence-corrected chi connectivity index (χ0v) is 11.5. The van der Waals surface area contributed by atoms with Crippen molar-refractivity contribution >= 4 is 11.8 Å². The number of hydrogen-bond donors (Lipinski definition) is 1. The van der Waals surface area contributed by atoms with Crippen LogP contribution in [0.3, 0.4) is 0 Å². The van der Waals surface area contributed by atoms with Crippen molar-refractivity contribution in [2.75, 3.05) is 25.1 Å². The van der Waals surface area contributed by atoms with E-state index in [9.17, 15) is 4.79 Å². The summed E-state index contributed by atoms with van der Waals surface area (Å²) in [7, 11) is 2.00. The van der Waals surface area contributed by atoms with Crippen molar-refractivity contribution in [3.63, 3.8) is 0 Å². The van der Waals surface area contributed by atoms with Gasteiger partial charge in [-0.15, -0.1) is 0 Å². The van der Waals surface area contributed by atoms with Crippen molar-refractivity contribution in [1.29, 1.82) is 0 Å². The number of anilines is 1. The lowest BCUT2D eigenvalue weighted by Crippen LogP contribution is -2.40. The number of nitrogens with zero attached hydrogens (tertiary/aromatic N) is 2. The van der Waals surface area contributed by atoms with Crippen LogP contribution in [0.1, 0.15) is 30.1 Å². The van der Waals surface area contributed by atoms with E-state index < -0.39 is 0 Å². The molecule has 2 rings (SSSR count). The smallest absolute Gasteiger partial charge is 0.339 e. The molecule has 1 heterocycles. The van der Waals surface area contributed by atoms with Crippen molar-refractivity contribution in [2.24, 2.45) is 11.7 Å². The van der Waals surface area contributed by atoms with E-state index in [1.807, 2.05) is 13.1 Å². The molecule has 0 amide bonds. The van der Waals surface area contributed by atoms with Crippen LogP contribution < -0.4 is 10.6 Å². The van der Waals surface area contributed by atoms with Crippen molar-refractivity contribution in [1.82, 2.24) is 4.98 Å². The van der Waals surface area contributed by atoms with Gasteiger partial charge in [0.1, 0.15) is 5.82 Å². The Morgan fingerprint density at radius 1 is 1.58 bits per heavy atom. The van der Waals surface area contributed by atoms with Gasteiger partial charge < -0.3 is 15.4 Å². The average molecular weight is 263 g/mol. The average Bonchev–Trinajstić information content (AvgIpc) is 3.24. The molecule has 2 N–H and O–H groups in total. The van der Waals surface area contributed by atoms with Crippen LogP contribution in [0.25, 0.3) is 0 Å². The predicted octanol–water partition coefficient (Wildman–Crippen LogP) is 1.43. The Hall–Kier alpha value is -1.62. The van der Waals surface area contributed by atoms with Crippen LogP contribution in [0.4, 0.5) is 5.82 Å². The third kappa shape index (κ3) is 3.23. The lowest BCUT2D eigenvalue weighted by molar-refractivity contribution is 0.0526. The Morgan fingerprint density at radius 3 is 2.79 bits per heavy atom. The summed E-state index contributed by atoms with van der Waals surface area (Å²) in [6.45, 7) is 2.79. The highest BCUT2D eigenvalue weighted by atomic mass is 16.5. The molecule has 104 valence electrons. The van der Waals surface area contributed by atoms with E-state index in [1.54, 1.807) is 19.2 Å². The Labute approximate surface area is 113 Å². The summed E-state index contributed by atoms with van der Waals surface area (Å²) in [4.78, 5) is 18.0. The molecule has 1 aromatic rings. The molecule has 1 fully saturated rings. The fraction of sp³-hybridized carbons (Fsp3) is 0.571. The summed E-state index contributed by atoms with van der Waals surface area (Å²) in [5.41, 5.74) is 6.31. The van der Waals surface area contributed by atoms with Gasteiger partial charge in [0.05, 0.1) is 12.2 Å². The van der Waals surface area contributed by atoms with Crippen molar-refractivity contribution in [2.45, 2.75) is 25.8 Å². The minimum absolute atomic E-state index is 0.332. The molecule has 0 saturated heterocycles. The van der Waals surface area contributed by atoms with Crippen LogP contribution >= 0.6 is 0 Å². The third-order valence-corrected chi connectivity index (χ3v) is 3.53. The molecule has 5 nitrogen and oxygen atoms in total. The van der Waals surface area contributed by atoms with Gasteiger partial charge in [0.2, 0.25) is 0 Å². The maximum atomic E-state index is 11.5. The molecule has 1 saturated carbocycles. The third-order valence-electron chi connectivity index (χ3n) is 3.53. The Bertz CT molecular complexity index is 429. The second kappa shape index (κ2) is 6.02. The summed E-state index contributed by atoms with van der Waals surface area (Å²) < 4.78 is 4.93. The van der Waals surface area contributed by atoms with Crippen molar-refractivity contribution in [3.05, 3.63) is 23.9 Å². The molecule has 19 heavy (non-hydrogen) atoms. The molecular formula is C14H21N3O2. The van der Waals surface area contributed by atoms with Gasteiger partial charge in [-0.05, 0) is 37.8 Å². The van der Waals surface area contributed by atoms with E-state index in [1.165, 1.54) is 12.8 Å². The van der Waals surface area contributed by atoms with Crippen LogP contribution in [0.2, 0.25) is 0 Å². The Balaban J connectivity index is 2.06. The molecule has 1 aliphatic carbocycles. The number of nitrogens with two attached hydrogens (primary N) is 1. The summed E-state index contributed by atoms with van der Waals surface area (Å²) in [5, 5.41) is 0. The molecule has 1 atom stereocenters. The normalized spacial score (nSPS) is 15.9. The summed E-state index contributed by atoms with van der Waals surface area (Å²) in [6.07, 6.45) is 4.05. The number of carbonyl (C=O) groups excluding carboxylic acids is 1. The molecule has 1 unspecified atom stereocenters. The number of esters is 1. The molecule has 0 bridgehead atoms. The fourth-order valence-corrected chi connectivity index (χ4v) is 2.25. The van der Waals surface area contributed by atoms with Crippen molar-refractivity contribution < 1.29 is 9.53 Å². The van der Waals surface area contributed by atoms with E-state index in [0.29, 0.717) is 30.7 Å². The van der Waals surface area contributed by atoms with Gasteiger partial charge in [0.25, 0.3) is 0 Å². The molecule has 1 aliphatic rings. The number of carbonyl (C=O) groups is 1. The highest BCUT2D eigenvalue weighted by molar-refractivity contribution is 5.89. The lowest BCUT2D eigenvalue weighted by atomic mass is 10.1. The second-order valence-corrected chi connectivity index (χ2v) is 4.88. The summed E-state index contributed by atoms with van der Waals surface area (Å²) in [5.74, 6) is 1.19. The largest absolute Gasteiger partial charge is 0.462 e. The lowest BCUT2D eigenvalue weighted by Gasteiger charge is -2.28. The highest BCUT2D eigenvalue weighted by Gasteiger charge is 2.33. The molecular weight excluding hydrogens is 242 g/mol. The number of likely N-dealkylation sites (N-methyl/N-ethyl adjacent to an activating group) is 1. The number of rotatable bonds is 6. The van der Waals surface area contributed by atoms with Gasteiger partial charge in [-0.3, -0.25) is 0 Å². The van der Waals surface area contributed by atoms with E-state index in [-0.39, 0.29) is 5.97 Å². The number of ether oxygens (including phenoxy) is 1. The first-order chi connectivity index (χ1) is 9.17. The van der Waals surface area contributed by atoms with Gasteiger partial charge in [0.15, 0.2) is 0 Å². The van der Waals surface area contributed by atoms with Crippen LogP contribution in [-0.4, -0.2) is 37.2 Å². The Morgan fingerprint density at radius 2 is 2.32 bits per heavy atom. The van der Waals surface area contributed by atoms with E-state index in [4.69, 9.17) is 10.5 Å². The maximum Gasteiger partial charge on any atom is 0.339 e. The first-order valence-corrected chi connectivity index (χ1v) is 6.73. The summed E-state index contributed by atoms with van der Waals surface area (Å²) >= 11 is 0. The predicted molar refractivity (Wildman–Crippen MR) is 74.2 cm³/mol. The number of aromatic nitrogens is 1. The zero-order valence-electron chi connectivity index (χ0n) is 11.5. The van der Waals surface area contributed by atoms with Gasteiger partial charge in [-0.1, -0.05) is 0 Å². The quantitative estimate of drug-likeness (QED) is 0.786. The maximum absolute atomic E-state index is 11.5. The van der Waals surface area contributed by atoms with E-state index in [0.717, 1.165) is 5.82 Å². The minimum atomic E-state index is -0.332. The first-order valence-electron chi connectivity index (χ1n) is 6.73. The molecule has 0 aromatic carbocycles. The van der Waals surface area contributed by atoms with Crippen LogP contribution in [-0.2, 0) is 4.74 Å². The van der Waals surface area contributed by atoms with Gasteiger partial charge in [-0.2, -0.15) is 0 Å². The zero-order chi connectivity index (χ0) is 13.8. The van der Waals surface area contributed by atoms with Gasteiger partial charge >= 0.3 is 5.97 Å². The molecule has 0 aliphatic heterocycles. The van der Waals surface area contributed by atoms with Crippen LogP contribution in [0.15, 0.2) is 18.3 Å². The molecule has 5 heteroatoms. The summed E-state index contributed by atoms with van der Waals surface area (Å²) in [6, 6.07) is 3.93. The molecule has 0 spiro atoms. The topological polar surface area (TPSA) is 68.5 Å². The van der Waals surface area contributed by atoms with Gasteiger partial charge in [0, 0.05) is 25.8 Å². The second-order valence-electron chi connectivity index (χ2n) is 4.88. The minimum Gasteiger partial charge on any atom is -0.462 e. The fourth-order valence-electron chi connectivity index (χ4n) is 2.25. The SMILES string of the molecule is CCOC(=O)c1ccc(N(C)C(CN)C2CC2)nc1.